The fourth-order valence-electron chi connectivity index (χ4n) is 1.07. The first kappa shape index (κ1) is 15.0. The molecule has 0 bridgehead atoms. The van der Waals surface area contributed by atoms with Gasteiger partial charge in [-0.2, -0.15) is 15.0 Å². The first-order valence-electron chi connectivity index (χ1n) is 5.20. The summed E-state index contributed by atoms with van der Waals surface area (Å²) in [5, 5.41) is 8.52. The van der Waals surface area contributed by atoms with Crippen LogP contribution in [0.2, 0.25) is 0 Å². The van der Waals surface area contributed by atoms with Gasteiger partial charge >= 0.3 is 17.1 Å². The molecule has 0 aromatic carbocycles. The fourth-order valence-corrected chi connectivity index (χ4v) is 1.07. The summed E-state index contributed by atoms with van der Waals surface area (Å²) in [6.45, 7) is -0.0249. The van der Waals surface area contributed by atoms with E-state index >= 15 is 0 Å². The van der Waals surface area contributed by atoms with Gasteiger partial charge in [-0.05, 0) is 0 Å². The molecular formula is C8H12N8O4. The molecule has 12 heteroatoms. The number of aromatic nitrogens is 6. The molecule has 2 aromatic heterocycles. The maximum Gasteiger partial charge on any atom is 0.330 e. The van der Waals surface area contributed by atoms with Crippen LogP contribution in [0.5, 0.6) is 0 Å². The van der Waals surface area contributed by atoms with Crippen LogP contribution in [0.25, 0.3) is 0 Å². The Morgan fingerprint density at radius 1 is 0.850 bits per heavy atom. The Morgan fingerprint density at radius 3 is 1.60 bits per heavy atom. The van der Waals surface area contributed by atoms with Crippen molar-refractivity contribution in [3.05, 3.63) is 37.3 Å². The number of hydrogen-bond acceptors (Lipinski definition) is 9. The van der Waals surface area contributed by atoms with Crippen LogP contribution < -0.4 is 28.5 Å². The van der Waals surface area contributed by atoms with Crippen molar-refractivity contribution >= 4 is 11.9 Å². The highest BCUT2D eigenvalue weighted by atomic mass is 16.3. The maximum atomic E-state index is 10.2. The van der Waals surface area contributed by atoms with E-state index in [4.69, 9.17) is 16.6 Å². The van der Waals surface area contributed by atoms with E-state index in [0.717, 1.165) is 0 Å². The van der Waals surface area contributed by atoms with Gasteiger partial charge in [0.2, 0.25) is 11.9 Å². The summed E-state index contributed by atoms with van der Waals surface area (Å²) in [6, 6.07) is 0. The summed E-state index contributed by atoms with van der Waals surface area (Å²) in [4.78, 5) is 47.0. The Hall–Kier alpha value is -3.02. The third-order valence-corrected chi connectivity index (χ3v) is 1.73. The summed E-state index contributed by atoms with van der Waals surface area (Å²) in [6.07, 6.45) is 0.344. The smallest absolute Gasteiger partial charge is 0.330 e. The number of nitrogens with one attached hydrogen (secondary N) is 3. The van der Waals surface area contributed by atoms with Crippen LogP contribution in [0.4, 0.5) is 11.9 Å². The first-order chi connectivity index (χ1) is 9.40. The van der Waals surface area contributed by atoms with Gasteiger partial charge in [-0.25, -0.2) is 14.4 Å². The molecule has 2 heterocycles. The lowest BCUT2D eigenvalue weighted by Crippen LogP contribution is -2.34. The molecule has 0 saturated heterocycles. The van der Waals surface area contributed by atoms with Crippen molar-refractivity contribution in [1.29, 1.82) is 0 Å². The van der Waals surface area contributed by atoms with Crippen molar-refractivity contribution in [3.8, 4) is 0 Å². The van der Waals surface area contributed by atoms with Gasteiger partial charge in [0.25, 0.3) is 0 Å². The van der Waals surface area contributed by atoms with Crippen molar-refractivity contribution in [2.45, 2.75) is 6.42 Å². The summed E-state index contributed by atoms with van der Waals surface area (Å²) >= 11 is 0. The van der Waals surface area contributed by atoms with Gasteiger partial charge in [0.1, 0.15) is 5.82 Å². The minimum atomic E-state index is -0.802. The van der Waals surface area contributed by atoms with Gasteiger partial charge in [0, 0.05) is 6.42 Å². The second kappa shape index (κ2) is 6.79. The van der Waals surface area contributed by atoms with Crippen LogP contribution in [0.15, 0.2) is 14.4 Å². The molecule has 108 valence electrons. The minimum absolute atomic E-state index is 0.0249. The summed E-state index contributed by atoms with van der Waals surface area (Å²) in [5.74, 6) is 0.583. The van der Waals surface area contributed by atoms with Gasteiger partial charge in [0.05, 0.1) is 6.61 Å². The molecular weight excluding hydrogens is 272 g/mol. The van der Waals surface area contributed by atoms with E-state index in [0.29, 0.717) is 12.2 Å². The van der Waals surface area contributed by atoms with Crippen LogP contribution in [-0.4, -0.2) is 41.6 Å². The normalized spacial score (nSPS) is 9.65. The highest BCUT2D eigenvalue weighted by Crippen LogP contribution is 1.98. The molecule has 12 nitrogen and oxygen atoms in total. The lowest BCUT2D eigenvalue weighted by atomic mass is 10.4. The number of aromatic amines is 3. The fraction of sp³-hybridized carbons (Fsp3) is 0.250. The third-order valence-electron chi connectivity index (χ3n) is 1.73. The van der Waals surface area contributed by atoms with Crippen LogP contribution in [0, 0.1) is 0 Å². The van der Waals surface area contributed by atoms with E-state index in [2.05, 4.69) is 15.0 Å². The van der Waals surface area contributed by atoms with Gasteiger partial charge in [-0.3, -0.25) is 15.0 Å². The molecule has 0 spiro atoms. The van der Waals surface area contributed by atoms with Crippen LogP contribution in [-0.2, 0) is 6.42 Å². The topological polar surface area (TPSA) is 210 Å². The van der Waals surface area contributed by atoms with Crippen molar-refractivity contribution in [2.24, 2.45) is 0 Å². The van der Waals surface area contributed by atoms with Gasteiger partial charge in [-0.15, -0.1) is 0 Å². The number of nitrogens with zero attached hydrogens (tertiary/aromatic N) is 3. The number of aliphatic hydroxyl groups excluding tert-OH is 1. The molecule has 0 aliphatic carbocycles. The Morgan fingerprint density at radius 2 is 1.25 bits per heavy atom. The van der Waals surface area contributed by atoms with Crippen LogP contribution >= 0.6 is 0 Å². The van der Waals surface area contributed by atoms with E-state index in [9.17, 15) is 14.4 Å². The van der Waals surface area contributed by atoms with Gasteiger partial charge in [-0.1, -0.05) is 0 Å². The Kier molecular flexibility index (Phi) is 5.11. The monoisotopic (exact) mass is 284 g/mol. The van der Waals surface area contributed by atoms with Crippen molar-refractivity contribution in [3.63, 3.8) is 0 Å². The van der Waals surface area contributed by atoms with E-state index in [-0.39, 0.29) is 18.5 Å². The molecule has 0 aliphatic heterocycles. The predicted molar refractivity (Wildman–Crippen MR) is 67.7 cm³/mol. The number of nitrogen functional groups attached to an aromatic ring is 2. The molecule has 0 fully saturated rings. The van der Waals surface area contributed by atoms with E-state index in [1.165, 1.54) is 0 Å². The second-order valence-corrected chi connectivity index (χ2v) is 3.30. The van der Waals surface area contributed by atoms with Crippen molar-refractivity contribution in [2.75, 3.05) is 18.1 Å². The van der Waals surface area contributed by atoms with Gasteiger partial charge in [0.15, 0.2) is 0 Å². The molecule has 20 heavy (non-hydrogen) atoms. The van der Waals surface area contributed by atoms with E-state index < -0.39 is 17.1 Å². The third kappa shape index (κ3) is 5.09. The average Bonchev–Trinajstić information content (AvgIpc) is 2.26. The molecule has 0 radical (unpaired) electrons. The molecule has 2 aromatic rings. The second-order valence-electron chi connectivity index (χ2n) is 3.30. The van der Waals surface area contributed by atoms with Crippen LogP contribution in [0.1, 0.15) is 5.82 Å². The molecule has 0 unspecified atom stereocenters. The number of H-pyrrole nitrogens is 3. The Labute approximate surface area is 110 Å². The predicted octanol–water partition coefficient (Wildman–Crippen LogP) is -3.68. The summed E-state index contributed by atoms with van der Waals surface area (Å²) in [5.41, 5.74) is 8.13. The zero-order chi connectivity index (χ0) is 15.1. The number of nitrogens with two attached hydrogens (primary N) is 2. The number of rotatable bonds is 2. The van der Waals surface area contributed by atoms with E-state index in [1.807, 2.05) is 0 Å². The average molecular weight is 284 g/mol. The molecule has 0 aliphatic rings. The largest absolute Gasteiger partial charge is 0.396 e. The number of hydrogen-bond donors (Lipinski definition) is 6. The highest BCUT2D eigenvalue weighted by molar-refractivity contribution is 5.25. The quantitative estimate of drug-likeness (QED) is 0.320. The van der Waals surface area contributed by atoms with E-state index in [1.54, 1.807) is 15.0 Å². The van der Waals surface area contributed by atoms with Crippen LogP contribution in [0.3, 0.4) is 0 Å². The molecule has 0 amide bonds. The lowest BCUT2D eigenvalue weighted by Gasteiger charge is -1.98. The first-order valence-corrected chi connectivity index (χ1v) is 5.20. The van der Waals surface area contributed by atoms with Gasteiger partial charge < -0.3 is 16.6 Å². The molecule has 8 N–H and O–H groups in total. The number of anilines is 2. The molecule has 0 atom stereocenters. The SMILES string of the molecule is Nc1nc(N)nc(CCO)n1.O=c1[nH]c(=O)[nH]c(=O)[nH]1. The zero-order valence-electron chi connectivity index (χ0n) is 10.1. The molecule has 0 saturated carbocycles. The lowest BCUT2D eigenvalue weighted by molar-refractivity contribution is 0.296. The maximum absolute atomic E-state index is 10.2. The van der Waals surface area contributed by atoms with Crippen molar-refractivity contribution < 1.29 is 5.11 Å². The minimum Gasteiger partial charge on any atom is -0.396 e. The van der Waals surface area contributed by atoms with Crippen molar-refractivity contribution in [1.82, 2.24) is 29.9 Å². The highest BCUT2D eigenvalue weighted by Gasteiger charge is 1.99. The summed E-state index contributed by atoms with van der Waals surface area (Å²) in [7, 11) is 0. The Balaban J connectivity index is 0.000000204. The standard InChI is InChI=1S/C5H9N5O.C3H3N3O3/c6-4-8-3(1-2-11)9-5(7)10-4;7-1-4-2(8)6-3(9)5-1/h11H,1-2H2,(H4,6,7,8,9,10);(H3,4,5,6,7,8,9). The number of aliphatic hydroxyl groups is 1. The molecule has 2 rings (SSSR count). The summed E-state index contributed by atoms with van der Waals surface area (Å²) < 4.78 is 0. The zero-order valence-corrected chi connectivity index (χ0v) is 10.1. The Bertz CT molecular complexity index is 633.